The molecule has 42 heavy (non-hydrogen) atoms. The fourth-order valence-electron chi connectivity index (χ4n) is 0. The molecule has 4 radical (unpaired) electrons. The Hall–Kier alpha value is 0.557. The average Bonchev–Trinajstić information content (AvgIpc) is 2.16. The Morgan fingerprint density at radius 2 is 0.167 bits per heavy atom. The van der Waals surface area contributed by atoms with Crippen LogP contribution in [0.15, 0.2) is 0 Å². The first-order valence-electron chi connectivity index (χ1n) is 5.59. The maximum absolute atomic E-state index is 8.74. The van der Waals surface area contributed by atoms with E-state index in [0.29, 0.717) is 0 Å². The van der Waals surface area contributed by atoms with Crippen molar-refractivity contribution in [2.45, 2.75) is 0 Å². The van der Waals surface area contributed by atoms with Crippen LogP contribution in [0.25, 0.3) is 0 Å². The Morgan fingerprint density at radius 3 is 0.167 bits per heavy atom. The van der Waals surface area contributed by atoms with E-state index in [1.165, 1.54) is 0 Å². The van der Waals surface area contributed by atoms with Gasteiger partial charge < -0.3 is 0 Å². The van der Waals surface area contributed by atoms with E-state index in [9.17, 15) is 0 Å². The fraction of sp³-hybridized carbons (Fsp3) is 0. The number of rotatable bonds is 0. The summed E-state index contributed by atoms with van der Waals surface area (Å²) in [5.41, 5.74) is 0. The van der Waals surface area contributed by atoms with Gasteiger partial charge in [-0.3, -0.25) is 72.8 Å². The van der Waals surface area contributed by atoms with Crippen molar-refractivity contribution < 1.29 is 140 Å². The molecule has 0 aliphatic carbocycles. The van der Waals surface area contributed by atoms with Crippen LogP contribution in [-0.4, -0.2) is 188 Å². The van der Waals surface area contributed by atoms with Gasteiger partial charge in [-0.25, -0.2) is 0 Å². The second-order valence-corrected chi connectivity index (χ2v) is 10.7. The number of hydrogen-bond donors (Lipinski definition) is 16. The van der Waals surface area contributed by atoms with Gasteiger partial charge in [0.25, 0.3) is 0 Å². The van der Waals surface area contributed by atoms with E-state index in [4.69, 9.17) is 140 Å². The first kappa shape index (κ1) is 69.3. The molecule has 268 valence electrons. The van der Waals surface area contributed by atoms with Gasteiger partial charge >= 0.3 is 131 Å². The summed E-state index contributed by atoms with van der Waals surface area (Å²) in [4.78, 5) is 0. The summed E-state index contributed by atoms with van der Waals surface area (Å²) in [5.74, 6) is 0. The molecule has 0 fully saturated rings. The van der Waals surface area contributed by atoms with Gasteiger partial charge in [-0.2, -0.15) is 67.3 Å². The number of hydrogen-bond acceptors (Lipinski definition) is 16. The molecule has 0 bridgehead atoms. The van der Waals surface area contributed by atoms with Crippen LogP contribution in [0.2, 0.25) is 0 Å². The summed E-state index contributed by atoms with van der Waals surface area (Å²) in [5, 5.41) is 0. The molecule has 0 rings (SSSR count). The van der Waals surface area contributed by atoms with Crippen LogP contribution in [-0.2, 0) is 83.2 Å². The first-order chi connectivity index (χ1) is 16.0. The minimum absolute atomic E-state index is 0. The SMILES string of the molecule is O=S(=O)(O)O.O=S(=O)(O)O.O=S(=O)(O)O.O=S(=O)(O)O.O=S(=O)(O)O.O=S(=O)(O)O.O=S(=O)(O)O.O=S(=O)(O)O.[SnH2].[SnH2]. The van der Waals surface area contributed by atoms with Crippen molar-refractivity contribution in [2.24, 2.45) is 0 Å². The van der Waals surface area contributed by atoms with Crippen molar-refractivity contribution in [3.8, 4) is 0 Å². The Bertz CT molecular complexity index is 1070. The zero-order valence-corrected chi connectivity index (χ0v) is 33.0. The quantitative estimate of drug-likeness (QED) is 0.0792. The Kier molecular flexibility index (Phi) is 47.9. The van der Waals surface area contributed by atoms with Crippen molar-refractivity contribution in [3.63, 3.8) is 0 Å². The molecule has 0 aromatic heterocycles. The molecule has 0 saturated carbocycles. The molecular formula is H20O32S8Sn2. The van der Waals surface area contributed by atoms with Crippen LogP contribution >= 0.6 is 0 Å². The van der Waals surface area contributed by atoms with Crippen LogP contribution < -0.4 is 0 Å². The van der Waals surface area contributed by atoms with Crippen molar-refractivity contribution in [1.82, 2.24) is 0 Å². The molecule has 16 N–H and O–H groups in total. The van der Waals surface area contributed by atoms with Gasteiger partial charge in [-0.05, 0) is 0 Å². The third-order valence-corrected chi connectivity index (χ3v) is 0. The van der Waals surface area contributed by atoms with Crippen LogP contribution in [0.4, 0.5) is 0 Å². The normalized spacial score (nSPS) is 11.0. The molecule has 0 saturated heterocycles. The fourth-order valence-corrected chi connectivity index (χ4v) is 0. The van der Waals surface area contributed by atoms with E-state index < -0.39 is 83.2 Å². The molecule has 0 aromatic carbocycles. The molecule has 0 aromatic rings. The topological polar surface area (TPSA) is 597 Å². The van der Waals surface area contributed by atoms with Gasteiger partial charge in [0.1, 0.15) is 0 Å². The average molecular weight is 1030 g/mol. The summed E-state index contributed by atoms with van der Waals surface area (Å²) < 4.78 is 253. The first-order valence-corrected chi connectivity index (χ1v) is 16.8. The molecule has 0 aliphatic heterocycles. The van der Waals surface area contributed by atoms with E-state index in [-0.39, 0.29) is 47.8 Å². The molecule has 0 spiro atoms. The van der Waals surface area contributed by atoms with Gasteiger partial charge in [0, 0.05) is 0 Å². The monoisotopic (exact) mass is 1030 g/mol. The molecule has 0 unspecified atom stereocenters. The predicted molar refractivity (Wildman–Crippen MR) is 131 cm³/mol. The van der Waals surface area contributed by atoms with Crippen LogP contribution in [0.3, 0.4) is 0 Å². The van der Waals surface area contributed by atoms with E-state index in [1.807, 2.05) is 0 Å². The summed E-state index contributed by atoms with van der Waals surface area (Å²) in [6, 6.07) is 0. The Labute approximate surface area is 269 Å². The predicted octanol–water partition coefficient (Wildman–Crippen LogP) is -7.05. The third kappa shape index (κ3) is 204000. The van der Waals surface area contributed by atoms with Crippen LogP contribution in [0.1, 0.15) is 0 Å². The Morgan fingerprint density at radius 1 is 0.167 bits per heavy atom. The zero-order valence-electron chi connectivity index (χ0n) is 18.4. The minimum atomic E-state index is -4.67. The third-order valence-electron chi connectivity index (χ3n) is 0. The van der Waals surface area contributed by atoms with Crippen molar-refractivity contribution in [1.29, 1.82) is 0 Å². The molecular weight excluding hydrogens is 1010 g/mol. The summed E-state index contributed by atoms with van der Waals surface area (Å²) in [6.45, 7) is 0. The Balaban J connectivity index is -0.0000000346. The molecule has 42 heteroatoms. The van der Waals surface area contributed by atoms with Gasteiger partial charge in [0.05, 0.1) is 0 Å². The van der Waals surface area contributed by atoms with Gasteiger partial charge in [0.2, 0.25) is 0 Å². The van der Waals surface area contributed by atoms with E-state index >= 15 is 0 Å². The molecule has 0 aliphatic rings. The summed E-state index contributed by atoms with van der Waals surface area (Å²) >= 11 is 0. The van der Waals surface area contributed by atoms with E-state index in [1.54, 1.807) is 0 Å². The van der Waals surface area contributed by atoms with Crippen molar-refractivity contribution >= 4 is 131 Å². The van der Waals surface area contributed by atoms with Gasteiger partial charge in [-0.1, -0.05) is 0 Å². The summed E-state index contributed by atoms with van der Waals surface area (Å²) in [7, 11) is -37.3. The molecule has 0 heterocycles. The molecule has 0 amide bonds. The second-order valence-electron chi connectivity index (χ2n) is 3.58. The van der Waals surface area contributed by atoms with Gasteiger partial charge in [-0.15, -0.1) is 0 Å². The maximum atomic E-state index is 8.74. The van der Waals surface area contributed by atoms with Crippen molar-refractivity contribution in [2.75, 3.05) is 0 Å². The van der Waals surface area contributed by atoms with E-state index in [2.05, 4.69) is 0 Å². The van der Waals surface area contributed by atoms with Crippen LogP contribution in [0, 0.1) is 0 Å². The summed E-state index contributed by atoms with van der Waals surface area (Å²) in [6.07, 6.45) is 0. The zero-order chi connectivity index (χ0) is 36.0. The molecule has 0 atom stereocenters. The van der Waals surface area contributed by atoms with E-state index in [0.717, 1.165) is 0 Å². The molecule has 32 nitrogen and oxygen atoms in total. The standard InChI is InChI=1S/8H2O4S.2Sn.4H/c8*1-5(2,3)4;;;;;;/h8*(H2,1,2,3,4);;;;;;. The van der Waals surface area contributed by atoms with Crippen molar-refractivity contribution in [3.05, 3.63) is 0 Å². The van der Waals surface area contributed by atoms with Gasteiger partial charge in [0.15, 0.2) is 0 Å². The second kappa shape index (κ2) is 29.0. The van der Waals surface area contributed by atoms with Crippen LogP contribution in [0.5, 0.6) is 0 Å².